The number of amidine groups is 1. The molecule has 114 valence electrons. The molecule has 0 atom stereocenters. The van der Waals surface area contributed by atoms with Gasteiger partial charge in [0.1, 0.15) is 5.75 Å². The SMILES string of the molecule is CC1CCN(C(=O)COc2ccccc2/C(N)=N/O)CC1. The van der Waals surface area contributed by atoms with Crippen LogP contribution < -0.4 is 10.5 Å². The molecule has 3 N–H and O–H groups in total. The average molecular weight is 291 g/mol. The summed E-state index contributed by atoms with van der Waals surface area (Å²) >= 11 is 0. The van der Waals surface area contributed by atoms with Gasteiger partial charge in [0.15, 0.2) is 12.4 Å². The fourth-order valence-corrected chi connectivity index (χ4v) is 2.35. The quantitative estimate of drug-likeness (QED) is 0.380. The minimum Gasteiger partial charge on any atom is -0.483 e. The number of oxime groups is 1. The number of likely N-dealkylation sites (tertiary alicyclic amines) is 1. The number of ether oxygens (including phenoxy) is 1. The van der Waals surface area contributed by atoms with Crippen LogP contribution in [0.25, 0.3) is 0 Å². The molecule has 1 fully saturated rings. The third kappa shape index (κ3) is 3.87. The molecular weight excluding hydrogens is 270 g/mol. The van der Waals surface area contributed by atoms with Crippen LogP contribution in [-0.4, -0.2) is 41.5 Å². The first-order valence-electron chi connectivity index (χ1n) is 7.09. The Labute approximate surface area is 124 Å². The highest BCUT2D eigenvalue weighted by atomic mass is 16.5. The molecular formula is C15H21N3O3. The second-order valence-corrected chi connectivity index (χ2v) is 5.33. The molecule has 0 bridgehead atoms. The van der Waals surface area contributed by atoms with Crippen molar-refractivity contribution in [2.75, 3.05) is 19.7 Å². The van der Waals surface area contributed by atoms with E-state index < -0.39 is 0 Å². The van der Waals surface area contributed by atoms with Crippen LogP contribution in [0.5, 0.6) is 5.75 Å². The molecule has 0 aliphatic carbocycles. The Balaban J connectivity index is 1.95. The molecule has 1 aliphatic heterocycles. The molecule has 6 nitrogen and oxygen atoms in total. The first-order chi connectivity index (χ1) is 10.1. The van der Waals surface area contributed by atoms with E-state index in [1.54, 1.807) is 24.3 Å². The predicted molar refractivity (Wildman–Crippen MR) is 79.4 cm³/mol. The van der Waals surface area contributed by atoms with Crippen molar-refractivity contribution in [1.82, 2.24) is 4.90 Å². The van der Waals surface area contributed by atoms with Crippen molar-refractivity contribution >= 4 is 11.7 Å². The summed E-state index contributed by atoms with van der Waals surface area (Å²) in [7, 11) is 0. The number of amides is 1. The molecule has 1 saturated heterocycles. The molecule has 6 heteroatoms. The number of carbonyl (C=O) groups is 1. The highest BCUT2D eigenvalue weighted by molar-refractivity contribution is 5.99. The second-order valence-electron chi connectivity index (χ2n) is 5.33. The zero-order chi connectivity index (χ0) is 15.2. The van der Waals surface area contributed by atoms with Gasteiger partial charge in [0.05, 0.1) is 5.56 Å². The maximum Gasteiger partial charge on any atom is 0.260 e. The molecule has 0 aromatic heterocycles. The molecule has 0 radical (unpaired) electrons. The molecule has 2 rings (SSSR count). The van der Waals surface area contributed by atoms with Gasteiger partial charge in [-0.05, 0) is 30.9 Å². The van der Waals surface area contributed by atoms with E-state index in [1.165, 1.54) is 0 Å². The summed E-state index contributed by atoms with van der Waals surface area (Å²) in [4.78, 5) is 13.9. The Kier molecular flexibility index (Phi) is 5.03. The van der Waals surface area contributed by atoms with Crippen molar-refractivity contribution < 1.29 is 14.7 Å². The fraction of sp³-hybridized carbons (Fsp3) is 0.467. The first kappa shape index (κ1) is 15.2. The Morgan fingerprint density at radius 1 is 1.43 bits per heavy atom. The van der Waals surface area contributed by atoms with Crippen LogP contribution in [0.3, 0.4) is 0 Å². The summed E-state index contributed by atoms with van der Waals surface area (Å²) in [5, 5.41) is 11.7. The third-order valence-corrected chi connectivity index (χ3v) is 3.76. The maximum atomic E-state index is 12.1. The summed E-state index contributed by atoms with van der Waals surface area (Å²) < 4.78 is 5.54. The molecule has 0 spiro atoms. The Morgan fingerprint density at radius 3 is 2.76 bits per heavy atom. The van der Waals surface area contributed by atoms with Crippen LogP contribution in [0.4, 0.5) is 0 Å². The summed E-state index contributed by atoms with van der Waals surface area (Å²) in [5.41, 5.74) is 6.06. The van der Waals surface area contributed by atoms with Gasteiger partial charge in [0.25, 0.3) is 5.91 Å². The monoisotopic (exact) mass is 291 g/mol. The lowest BCUT2D eigenvalue weighted by Crippen LogP contribution is -2.40. The minimum atomic E-state index is -0.0376. The largest absolute Gasteiger partial charge is 0.483 e. The number of para-hydroxylation sites is 1. The first-order valence-corrected chi connectivity index (χ1v) is 7.09. The van der Waals surface area contributed by atoms with Gasteiger partial charge < -0.3 is 20.6 Å². The van der Waals surface area contributed by atoms with Crippen LogP contribution in [0, 0.1) is 5.92 Å². The lowest BCUT2D eigenvalue weighted by Gasteiger charge is -2.30. The van der Waals surface area contributed by atoms with Gasteiger partial charge in [0, 0.05) is 13.1 Å². The predicted octanol–water partition coefficient (Wildman–Crippen LogP) is 1.42. The second kappa shape index (κ2) is 6.97. The van der Waals surface area contributed by atoms with Crippen molar-refractivity contribution in [3.05, 3.63) is 29.8 Å². The molecule has 1 amide bonds. The van der Waals surface area contributed by atoms with Crippen LogP contribution in [-0.2, 0) is 4.79 Å². The zero-order valence-corrected chi connectivity index (χ0v) is 12.2. The standard InChI is InChI=1S/C15H21N3O3/c1-11-6-8-18(9-7-11)14(19)10-21-13-5-3-2-4-12(13)15(16)17-20/h2-5,11,20H,6-10H2,1H3,(H2,16,17). The molecule has 1 aromatic carbocycles. The van der Waals surface area contributed by atoms with Crippen LogP contribution in [0.2, 0.25) is 0 Å². The highest BCUT2D eigenvalue weighted by Gasteiger charge is 2.20. The zero-order valence-electron chi connectivity index (χ0n) is 12.2. The van der Waals surface area contributed by atoms with Crippen molar-refractivity contribution in [2.45, 2.75) is 19.8 Å². The van der Waals surface area contributed by atoms with E-state index in [1.807, 2.05) is 4.90 Å². The number of hydrogen-bond donors (Lipinski definition) is 2. The molecule has 0 saturated carbocycles. The maximum absolute atomic E-state index is 12.1. The van der Waals surface area contributed by atoms with Crippen molar-refractivity contribution in [3.8, 4) is 5.75 Å². The number of rotatable bonds is 4. The molecule has 21 heavy (non-hydrogen) atoms. The van der Waals surface area contributed by atoms with Crippen LogP contribution in [0.15, 0.2) is 29.4 Å². The van der Waals surface area contributed by atoms with Gasteiger partial charge in [-0.3, -0.25) is 4.79 Å². The topological polar surface area (TPSA) is 88.2 Å². The fourth-order valence-electron chi connectivity index (χ4n) is 2.35. The van der Waals surface area contributed by atoms with Crippen molar-refractivity contribution in [1.29, 1.82) is 0 Å². The number of benzene rings is 1. The normalized spacial score (nSPS) is 16.8. The van der Waals surface area contributed by atoms with E-state index in [2.05, 4.69) is 12.1 Å². The van der Waals surface area contributed by atoms with Gasteiger partial charge in [-0.15, -0.1) is 0 Å². The lowest BCUT2D eigenvalue weighted by atomic mass is 9.99. The molecule has 1 heterocycles. The smallest absolute Gasteiger partial charge is 0.260 e. The highest BCUT2D eigenvalue weighted by Crippen LogP contribution is 2.19. The number of nitrogens with two attached hydrogens (primary N) is 1. The van der Waals surface area contributed by atoms with Gasteiger partial charge in [-0.2, -0.15) is 0 Å². The van der Waals surface area contributed by atoms with E-state index >= 15 is 0 Å². The third-order valence-electron chi connectivity index (χ3n) is 3.76. The van der Waals surface area contributed by atoms with E-state index in [9.17, 15) is 4.79 Å². The lowest BCUT2D eigenvalue weighted by molar-refractivity contribution is -0.134. The minimum absolute atomic E-state index is 0.0313. The van der Waals surface area contributed by atoms with Crippen molar-refractivity contribution in [2.24, 2.45) is 16.8 Å². The van der Waals surface area contributed by atoms with Crippen LogP contribution >= 0.6 is 0 Å². The van der Waals surface area contributed by atoms with E-state index in [0.29, 0.717) is 17.2 Å². The van der Waals surface area contributed by atoms with E-state index in [0.717, 1.165) is 25.9 Å². The van der Waals surface area contributed by atoms with Crippen molar-refractivity contribution in [3.63, 3.8) is 0 Å². The number of carbonyl (C=O) groups excluding carboxylic acids is 1. The van der Waals surface area contributed by atoms with Gasteiger partial charge in [-0.1, -0.05) is 24.2 Å². The Hall–Kier alpha value is -2.24. The Bertz CT molecular complexity index is 523. The molecule has 0 unspecified atom stereocenters. The molecule has 1 aromatic rings. The van der Waals surface area contributed by atoms with Crippen LogP contribution in [0.1, 0.15) is 25.3 Å². The van der Waals surface area contributed by atoms with Gasteiger partial charge >= 0.3 is 0 Å². The molecule has 1 aliphatic rings. The number of piperidine rings is 1. The Morgan fingerprint density at radius 2 is 2.10 bits per heavy atom. The average Bonchev–Trinajstić information content (AvgIpc) is 2.52. The summed E-state index contributed by atoms with van der Waals surface area (Å²) in [5.74, 6) is 1.05. The summed E-state index contributed by atoms with van der Waals surface area (Å²) in [6, 6.07) is 6.90. The summed E-state index contributed by atoms with van der Waals surface area (Å²) in [6.07, 6.45) is 2.07. The van der Waals surface area contributed by atoms with E-state index in [-0.39, 0.29) is 18.3 Å². The van der Waals surface area contributed by atoms with Gasteiger partial charge in [-0.25, -0.2) is 0 Å². The number of hydrogen-bond acceptors (Lipinski definition) is 4. The summed E-state index contributed by atoms with van der Waals surface area (Å²) in [6.45, 7) is 3.73. The van der Waals surface area contributed by atoms with E-state index in [4.69, 9.17) is 15.7 Å². The van der Waals surface area contributed by atoms with Gasteiger partial charge in [0.2, 0.25) is 0 Å². The number of nitrogens with zero attached hydrogens (tertiary/aromatic N) is 2.